The number of carbonyl (C=O) groups excluding carboxylic acids is 1. The van der Waals surface area contributed by atoms with Crippen LogP contribution in [-0.4, -0.2) is 17.2 Å². The van der Waals surface area contributed by atoms with Crippen molar-refractivity contribution < 1.29 is 9.53 Å². The summed E-state index contributed by atoms with van der Waals surface area (Å²) in [7, 11) is 1.35. The zero-order valence-corrected chi connectivity index (χ0v) is 8.08. The molecular formula is C6H12O2S2. The van der Waals surface area contributed by atoms with Crippen LogP contribution in [0.5, 0.6) is 0 Å². The fraction of sp³-hybridized carbons (Fsp3) is 0.833. The van der Waals surface area contributed by atoms with E-state index in [9.17, 15) is 4.79 Å². The molecule has 60 valence electrons. The second-order valence-electron chi connectivity index (χ2n) is 2.34. The summed E-state index contributed by atoms with van der Waals surface area (Å²) in [6.07, 6.45) is 0. The van der Waals surface area contributed by atoms with E-state index in [1.807, 2.05) is 0 Å². The molecule has 0 radical (unpaired) electrons. The van der Waals surface area contributed by atoms with Gasteiger partial charge < -0.3 is 4.74 Å². The normalized spacial score (nSPS) is 14.5. The van der Waals surface area contributed by atoms with Gasteiger partial charge >= 0.3 is 5.97 Å². The van der Waals surface area contributed by atoms with E-state index in [4.69, 9.17) is 0 Å². The van der Waals surface area contributed by atoms with Gasteiger partial charge in [0.25, 0.3) is 0 Å². The molecule has 1 unspecified atom stereocenters. The number of thiol groups is 2. The summed E-state index contributed by atoms with van der Waals surface area (Å²) in [6, 6.07) is 0. The van der Waals surface area contributed by atoms with E-state index in [1.54, 1.807) is 13.8 Å². The first kappa shape index (κ1) is 10.2. The monoisotopic (exact) mass is 180 g/mol. The minimum Gasteiger partial charge on any atom is -0.469 e. The van der Waals surface area contributed by atoms with Crippen LogP contribution in [0.15, 0.2) is 0 Å². The van der Waals surface area contributed by atoms with E-state index in [0.717, 1.165) is 0 Å². The van der Waals surface area contributed by atoms with E-state index >= 15 is 0 Å². The van der Waals surface area contributed by atoms with Crippen LogP contribution < -0.4 is 0 Å². The van der Waals surface area contributed by atoms with Crippen molar-refractivity contribution in [2.45, 2.75) is 17.9 Å². The molecule has 0 spiro atoms. The summed E-state index contributed by atoms with van der Waals surface area (Å²) in [5.74, 6) is -0.586. The number of ether oxygens (including phenoxy) is 1. The van der Waals surface area contributed by atoms with Gasteiger partial charge in [-0.1, -0.05) is 0 Å². The molecule has 0 aromatic carbocycles. The molecule has 0 aromatic heterocycles. The largest absolute Gasteiger partial charge is 0.469 e. The highest BCUT2D eigenvalue weighted by atomic mass is 32.2. The topological polar surface area (TPSA) is 26.3 Å². The Morgan fingerprint density at radius 3 is 2.10 bits per heavy atom. The summed E-state index contributed by atoms with van der Waals surface area (Å²) in [4.78, 5) is 10.8. The lowest BCUT2D eigenvalue weighted by atomic mass is 10.1. The third kappa shape index (κ3) is 2.84. The van der Waals surface area contributed by atoms with Gasteiger partial charge in [0.2, 0.25) is 0 Å². The van der Waals surface area contributed by atoms with Crippen LogP contribution in [0.1, 0.15) is 13.8 Å². The Bertz CT molecular complexity index is 128. The average molecular weight is 180 g/mol. The van der Waals surface area contributed by atoms with Crippen molar-refractivity contribution in [2.75, 3.05) is 7.11 Å². The highest BCUT2D eigenvalue weighted by Gasteiger charge is 2.29. The quantitative estimate of drug-likeness (QED) is 0.381. The van der Waals surface area contributed by atoms with Gasteiger partial charge in [0.15, 0.2) is 0 Å². The van der Waals surface area contributed by atoms with Crippen LogP contribution in [0.3, 0.4) is 0 Å². The molecule has 0 amide bonds. The Labute approximate surface area is 72.1 Å². The van der Waals surface area contributed by atoms with E-state index in [0.29, 0.717) is 0 Å². The molecule has 0 heterocycles. The van der Waals surface area contributed by atoms with Gasteiger partial charge in [-0.05, 0) is 13.8 Å². The lowest BCUT2D eigenvalue weighted by molar-refractivity contribution is -0.144. The number of esters is 1. The summed E-state index contributed by atoms with van der Waals surface area (Å²) in [6.45, 7) is 3.48. The van der Waals surface area contributed by atoms with E-state index in [-0.39, 0.29) is 11.9 Å². The second-order valence-corrected chi connectivity index (χ2v) is 4.55. The van der Waals surface area contributed by atoms with Gasteiger partial charge in [-0.3, -0.25) is 4.79 Å². The maximum atomic E-state index is 10.8. The van der Waals surface area contributed by atoms with Gasteiger partial charge in [-0.15, -0.1) is 0 Å². The molecule has 0 rings (SSSR count). The van der Waals surface area contributed by atoms with E-state index < -0.39 is 4.08 Å². The summed E-state index contributed by atoms with van der Waals surface area (Å²) < 4.78 is 3.90. The van der Waals surface area contributed by atoms with Gasteiger partial charge in [0.05, 0.1) is 17.1 Å². The van der Waals surface area contributed by atoms with E-state index in [2.05, 4.69) is 30.0 Å². The minimum atomic E-state index is -0.604. The molecule has 10 heavy (non-hydrogen) atoms. The Kier molecular flexibility index (Phi) is 3.59. The van der Waals surface area contributed by atoms with Crippen molar-refractivity contribution in [3.63, 3.8) is 0 Å². The van der Waals surface area contributed by atoms with Crippen molar-refractivity contribution >= 4 is 31.2 Å². The van der Waals surface area contributed by atoms with Crippen molar-refractivity contribution in [3.8, 4) is 0 Å². The molecule has 0 aliphatic heterocycles. The van der Waals surface area contributed by atoms with Gasteiger partial charge in [0.1, 0.15) is 0 Å². The molecule has 1 atom stereocenters. The van der Waals surface area contributed by atoms with Crippen LogP contribution in [-0.2, 0) is 9.53 Å². The van der Waals surface area contributed by atoms with Crippen molar-refractivity contribution in [2.24, 2.45) is 5.92 Å². The van der Waals surface area contributed by atoms with Crippen molar-refractivity contribution in [1.82, 2.24) is 0 Å². The first-order valence-corrected chi connectivity index (χ1v) is 3.81. The van der Waals surface area contributed by atoms with Crippen molar-refractivity contribution in [1.29, 1.82) is 0 Å². The summed E-state index contributed by atoms with van der Waals surface area (Å²) in [5.41, 5.74) is 0. The zero-order valence-electron chi connectivity index (χ0n) is 6.29. The Morgan fingerprint density at radius 1 is 1.60 bits per heavy atom. The van der Waals surface area contributed by atoms with Crippen LogP contribution in [0, 0.1) is 5.92 Å². The minimum absolute atomic E-state index is 0.285. The number of hydrogen-bond acceptors (Lipinski definition) is 4. The predicted octanol–water partition coefficient (Wildman–Crippen LogP) is 1.37. The zero-order chi connectivity index (χ0) is 8.36. The lowest BCUT2D eigenvalue weighted by Crippen LogP contribution is -2.28. The second kappa shape index (κ2) is 3.53. The number of methoxy groups -OCH3 is 1. The number of rotatable bonds is 2. The van der Waals surface area contributed by atoms with Crippen LogP contribution in [0.2, 0.25) is 0 Å². The lowest BCUT2D eigenvalue weighted by Gasteiger charge is -2.22. The molecule has 4 heteroatoms. The summed E-state index contributed by atoms with van der Waals surface area (Å²) >= 11 is 8.21. The third-order valence-electron chi connectivity index (χ3n) is 1.38. The fourth-order valence-electron chi connectivity index (χ4n) is 0.400. The maximum Gasteiger partial charge on any atom is 0.310 e. The SMILES string of the molecule is COC(=O)C(C)C(C)(S)S. The summed E-state index contributed by atoms with van der Waals surface area (Å²) in [5, 5.41) is 0. The molecule has 0 aromatic rings. The maximum absolute atomic E-state index is 10.8. The van der Waals surface area contributed by atoms with Gasteiger partial charge in [-0.25, -0.2) is 0 Å². The standard InChI is InChI=1S/C6H12O2S2/c1-4(5(7)8-3)6(2,9)10/h4,9-10H,1-3H3. The first-order valence-electron chi connectivity index (χ1n) is 2.92. The molecule has 2 nitrogen and oxygen atoms in total. The number of hydrogen-bond donors (Lipinski definition) is 2. The molecule has 0 fully saturated rings. The molecule has 0 saturated heterocycles. The highest BCUT2D eigenvalue weighted by Crippen LogP contribution is 2.28. The van der Waals surface area contributed by atoms with Crippen LogP contribution in [0.4, 0.5) is 0 Å². The van der Waals surface area contributed by atoms with Crippen molar-refractivity contribution in [3.05, 3.63) is 0 Å². The van der Waals surface area contributed by atoms with Crippen LogP contribution >= 0.6 is 25.3 Å². The average Bonchev–Trinajstić information content (AvgIpc) is 1.83. The predicted molar refractivity (Wildman–Crippen MR) is 47.6 cm³/mol. The third-order valence-corrected chi connectivity index (χ3v) is 2.15. The highest BCUT2D eigenvalue weighted by molar-refractivity contribution is 8.00. The number of carbonyl (C=O) groups is 1. The fourth-order valence-corrected chi connectivity index (χ4v) is 0.611. The first-order chi connectivity index (χ1) is 4.39. The van der Waals surface area contributed by atoms with Gasteiger partial charge in [0, 0.05) is 0 Å². The van der Waals surface area contributed by atoms with E-state index in [1.165, 1.54) is 7.11 Å². The van der Waals surface area contributed by atoms with Gasteiger partial charge in [-0.2, -0.15) is 25.3 Å². The Balaban J connectivity index is 4.08. The molecule has 0 aliphatic rings. The van der Waals surface area contributed by atoms with Crippen LogP contribution in [0.25, 0.3) is 0 Å². The molecular weight excluding hydrogens is 168 g/mol. The molecule has 0 N–H and O–H groups in total. The smallest absolute Gasteiger partial charge is 0.310 e. The Hall–Kier alpha value is 0.170. The Morgan fingerprint density at radius 2 is 2.00 bits per heavy atom. The molecule has 0 saturated carbocycles. The molecule has 0 bridgehead atoms. The molecule has 0 aliphatic carbocycles.